The van der Waals surface area contributed by atoms with Crippen LogP contribution < -0.4 is 5.11 Å². The highest BCUT2D eigenvalue weighted by atomic mass is 16.7. The molecule has 0 aliphatic rings. The molecule has 9 heteroatoms. The molecule has 0 aromatic rings. The van der Waals surface area contributed by atoms with Gasteiger partial charge in [-0.3, -0.25) is 9.59 Å². The number of allylic oxidation sites excluding steroid dienone is 6. The van der Waals surface area contributed by atoms with Crippen LogP contribution >= 0.6 is 0 Å². The Kier molecular flexibility index (Phi) is 41.4. The lowest BCUT2D eigenvalue weighted by Crippen LogP contribution is -2.44. The van der Waals surface area contributed by atoms with Crippen LogP contribution in [0.4, 0.5) is 0 Å². The first-order valence-electron chi connectivity index (χ1n) is 24.6. The third kappa shape index (κ3) is 43.6. The predicted octanol–water partition coefficient (Wildman–Crippen LogP) is 12.1. The second kappa shape index (κ2) is 43.2. The number of rotatable bonds is 45. The highest BCUT2D eigenvalue weighted by Gasteiger charge is 2.21. The summed E-state index contributed by atoms with van der Waals surface area (Å²) in [4.78, 5) is 37.0. The molecule has 0 heterocycles. The van der Waals surface area contributed by atoms with Crippen molar-refractivity contribution in [1.82, 2.24) is 0 Å². The normalized spacial score (nSPS) is 13.2. The smallest absolute Gasteiger partial charge is 0.306 e. The van der Waals surface area contributed by atoms with E-state index in [-0.39, 0.29) is 32.2 Å². The molecule has 0 spiro atoms. The van der Waals surface area contributed by atoms with Crippen molar-refractivity contribution in [2.24, 2.45) is 0 Å². The lowest BCUT2D eigenvalue weighted by molar-refractivity contribution is -0.870. The number of carboxylic acids is 1. The maximum atomic E-state index is 12.8. The largest absolute Gasteiger partial charge is 0.545 e. The topological polar surface area (TPSA) is 111 Å². The van der Waals surface area contributed by atoms with Crippen LogP contribution in [0.25, 0.3) is 0 Å². The summed E-state index contributed by atoms with van der Waals surface area (Å²) in [7, 11) is 5.91. The summed E-state index contributed by atoms with van der Waals surface area (Å²) in [5.74, 6) is -2.29. The molecule has 0 aliphatic carbocycles. The van der Waals surface area contributed by atoms with E-state index >= 15 is 0 Å². The van der Waals surface area contributed by atoms with Crippen LogP contribution in [0.15, 0.2) is 36.5 Å². The molecule has 0 fully saturated rings. The molecular weight excluding hydrogens is 755 g/mol. The summed E-state index contributed by atoms with van der Waals surface area (Å²) >= 11 is 0. The second-order valence-corrected chi connectivity index (χ2v) is 17.8. The van der Waals surface area contributed by atoms with Gasteiger partial charge >= 0.3 is 11.9 Å². The molecular formula is C51H93NO8. The van der Waals surface area contributed by atoms with Gasteiger partial charge in [0, 0.05) is 12.8 Å². The molecule has 0 amide bonds. The molecule has 9 nitrogen and oxygen atoms in total. The number of carbonyl (C=O) groups excluding carboxylic acids is 3. The zero-order chi connectivity index (χ0) is 44.2. The molecule has 0 rings (SSSR count). The fraction of sp³-hybridized carbons (Fsp3) is 0.824. The van der Waals surface area contributed by atoms with E-state index in [9.17, 15) is 19.5 Å². The minimum absolute atomic E-state index is 0.147. The van der Waals surface area contributed by atoms with Gasteiger partial charge in [0.05, 0.1) is 40.3 Å². The van der Waals surface area contributed by atoms with Gasteiger partial charge in [0.2, 0.25) is 0 Å². The van der Waals surface area contributed by atoms with Crippen LogP contribution in [-0.4, -0.2) is 82.3 Å². The van der Waals surface area contributed by atoms with Gasteiger partial charge in [-0.25, -0.2) is 0 Å². The van der Waals surface area contributed by atoms with E-state index < -0.39 is 24.3 Å². The summed E-state index contributed by atoms with van der Waals surface area (Å²) in [5.41, 5.74) is 0. The van der Waals surface area contributed by atoms with E-state index in [2.05, 4.69) is 50.3 Å². The van der Waals surface area contributed by atoms with Gasteiger partial charge in [-0.15, -0.1) is 0 Å². The monoisotopic (exact) mass is 848 g/mol. The highest BCUT2D eigenvalue weighted by Crippen LogP contribution is 2.15. The lowest BCUT2D eigenvalue weighted by atomic mass is 10.0. The number of quaternary nitrogens is 1. The van der Waals surface area contributed by atoms with E-state index in [1.54, 1.807) is 0 Å². The number of esters is 2. The average molecular weight is 848 g/mol. The van der Waals surface area contributed by atoms with Crippen LogP contribution in [0.5, 0.6) is 0 Å². The zero-order valence-corrected chi connectivity index (χ0v) is 39.6. The van der Waals surface area contributed by atoms with Crippen molar-refractivity contribution >= 4 is 17.9 Å². The van der Waals surface area contributed by atoms with Crippen LogP contribution in [0.3, 0.4) is 0 Å². The number of carbonyl (C=O) groups is 3. The number of hydrogen-bond donors (Lipinski definition) is 0. The number of nitrogens with zero attached hydrogens (tertiary/aromatic N) is 1. The Morgan fingerprint density at radius 1 is 0.500 bits per heavy atom. The van der Waals surface area contributed by atoms with Crippen molar-refractivity contribution in [2.75, 3.05) is 47.5 Å². The Balaban J connectivity index is 4.33. The van der Waals surface area contributed by atoms with E-state index in [1.165, 1.54) is 122 Å². The van der Waals surface area contributed by atoms with Gasteiger partial charge in [0.1, 0.15) is 13.2 Å². The van der Waals surface area contributed by atoms with Crippen LogP contribution in [0.1, 0.15) is 213 Å². The molecule has 350 valence electrons. The molecule has 2 atom stereocenters. The summed E-state index contributed by atoms with van der Waals surface area (Å²) in [6, 6.07) is 0. The Bertz CT molecular complexity index is 1080. The van der Waals surface area contributed by atoms with Gasteiger partial charge in [-0.2, -0.15) is 0 Å². The Hall–Kier alpha value is -2.49. The van der Waals surface area contributed by atoms with E-state index in [0.29, 0.717) is 23.9 Å². The third-order valence-electron chi connectivity index (χ3n) is 10.6. The van der Waals surface area contributed by atoms with Crippen LogP contribution in [0.2, 0.25) is 0 Å². The molecule has 2 unspecified atom stereocenters. The fourth-order valence-corrected chi connectivity index (χ4v) is 6.78. The third-order valence-corrected chi connectivity index (χ3v) is 10.6. The Morgan fingerprint density at radius 2 is 0.900 bits per heavy atom. The first kappa shape index (κ1) is 57.5. The molecule has 0 saturated carbocycles. The van der Waals surface area contributed by atoms with Gasteiger partial charge in [0.25, 0.3) is 0 Å². The standard InChI is InChI=1S/C51H93NO8/c1-6-8-10-12-14-16-18-20-21-22-23-24-25-26-27-28-29-30-32-34-36-38-40-42-49(54)60-47(46-59-51(50(55)56)57-44-43-52(3,4)5)45-58-48(53)41-39-37-35-33-31-19-17-15-13-11-9-7-2/h18,20,22-23,25-26,47,51H,6-17,19,21,24,27-46H2,1-5H3/b20-18-,23-22-,26-25-. The number of carboxylic acid groups (broad SMARTS) is 1. The summed E-state index contributed by atoms with van der Waals surface area (Å²) in [5, 5.41) is 11.7. The minimum Gasteiger partial charge on any atom is -0.545 e. The molecule has 0 saturated heterocycles. The first-order chi connectivity index (χ1) is 29.1. The van der Waals surface area contributed by atoms with Crippen molar-refractivity contribution in [2.45, 2.75) is 225 Å². The number of aliphatic carboxylic acids is 1. The fourth-order valence-electron chi connectivity index (χ4n) is 6.78. The van der Waals surface area contributed by atoms with Gasteiger partial charge in [0.15, 0.2) is 12.4 Å². The molecule has 0 N–H and O–H groups in total. The van der Waals surface area contributed by atoms with Gasteiger partial charge < -0.3 is 33.3 Å². The molecule has 60 heavy (non-hydrogen) atoms. The number of hydrogen-bond acceptors (Lipinski definition) is 8. The zero-order valence-electron chi connectivity index (χ0n) is 39.6. The van der Waals surface area contributed by atoms with Gasteiger partial charge in [-0.1, -0.05) is 185 Å². The molecule has 0 aliphatic heterocycles. The summed E-state index contributed by atoms with van der Waals surface area (Å²) in [6.07, 6.45) is 46.0. The predicted molar refractivity (Wildman–Crippen MR) is 246 cm³/mol. The van der Waals surface area contributed by atoms with Crippen molar-refractivity contribution in [3.8, 4) is 0 Å². The molecule has 0 radical (unpaired) electrons. The summed E-state index contributed by atoms with van der Waals surface area (Å²) < 4.78 is 22.6. The molecule has 0 bridgehead atoms. The van der Waals surface area contributed by atoms with Crippen molar-refractivity contribution < 1.29 is 42.9 Å². The van der Waals surface area contributed by atoms with Crippen LogP contribution in [-0.2, 0) is 33.3 Å². The van der Waals surface area contributed by atoms with Crippen molar-refractivity contribution in [3.63, 3.8) is 0 Å². The van der Waals surface area contributed by atoms with E-state index in [1.807, 2.05) is 21.1 Å². The highest BCUT2D eigenvalue weighted by molar-refractivity contribution is 5.70. The summed E-state index contributed by atoms with van der Waals surface area (Å²) in [6.45, 7) is 4.73. The minimum atomic E-state index is -1.62. The first-order valence-corrected chi connectivity index (χ1v) is 24.6. The number of likely N-dealkylation sites (N-methyl/N-ethyl adjacent to an activating group) is 1. The van der Waals surface area contributed by atoms with E-state index in [4.69, 9.17) is 18.9 Å². The van der Waals surface area contributed by atoms with E-state index in [0.717, 1.165) is 57.8 Å². The van der Waals surface area contributed by atoms with Crippen LogP contribution in [0, 0.1) is 0 Å². The quantitative estimate of drug-likeness (QED) is 0.0196. The Labute approximate surface area is 369 Å². The maximum Gasteiger partial charge on any atom is 0.306 e. The van der Waals surface area contributed by atoms with Crippen molar-refractivity contribution in [3.05, 3.63) is 36.5 Å². The number of unbranched alkanes of at least 4 members (excludes halogenated alkanes) is 24. The average Bonchev–Trinajstić information content (AvgIpc) is 3.21. The van der Waals surface area contributed by atoms with Gasteiger partial charge in [-0.05, 0) is 51.4 Å². The molecule has 0 aromatic carbocycles. The lowest BCUT2D eigenvalue weighted by Gasteiger charge is -2.26. The van der Waals surface area contributed by atoms with Crippen molar-refractivity contribution in [1.29, 1.82) is 0 Å². The SMILES string of the molecule is CCCCCCC/C=C\C/C=C\C/C=C\CCCCCCCCCCC(=O)OC(COC(=O)CCCCCCCCCCCCCC)COC(OCC[N+](C)(C)C)C(=O)[O-]. The maximum absolute atomic E-state index is 12.8. The Morgan fingerprint density at radius 3 is 1.33 bits per heavy atom. The second-order valence-electron chi connectivity index (χ2n) is 17.8. The number of ether oxygens (including phenoxy) is 4. The molecule has 0 aromatic heterocycles.